The third kappa shape index (κ3) is 1.78. The minimum atomic E-state index is 0.203. The van der Waals surface area contributed by atoms with Gasteiger partial charge in [-0.05, 0) is 70.9 Å². The lowest BCUT2D eigenvalue weighted by Gasteiger charge is -2.32. The molecule has 0 saturated carbocycles. The number of benzene rings is 2. The summed E-state index contributed by atoms with van der Waals surface area (Å²) in [5.74, 6) is 0. The first-order chi connectivity index (χ1) is 10.7. The largest absolute Gasteiger partial charge is 0.0617 e. The zero-order chi connectivity index (χ0) is 16.6. The maximum atomic E-state index is 2.43. The zero-order valence-electron chi connectivity index (χ0n) is 15.4. The van der Waals surface area contributed by atoms with Gasteiger partial charge in [0.1, 0.15) is 0 Å². The predicted molar refractivity (Wildman–Crippen MR) is 98.4 cm³/mol. The molecule has 0 bridgehead atoms. The predicted octanol–water partition coefficient (Wildman–Crippen LogP) is 5.95. The molecule has 0 atom stereocenters. The van der Waals surface area contributed by atoms with Crippen molar-refractivity contribution in [1.29, 1.82) is 0 Å². The first-order valence-electron chi connectivity index (χ1n) is 8.90. The van der Waals surface area contributed by atoms with Crippen LogP contribution in [0.2, 0.25) is 0 Å². The van der Waals surface area contributed by atoms with Crippen LogP contribution in [0, 0.1) is 13.8 Å². The average Bonchev–Trinajstić information content (AvgIpc) is 2.80. The van der Waals surface area contributed by atoms with Crippen LogP contribution < -0.4 is 0 Å². The number of hydrogen-bond acceptors (Lipinski definition) is 0. The van der Waals surface area contributed by atoms with E-state index in [2.05, 4.69) is 77.9 Å². The molecule has 0 radical (unpaired) electrons. The average molecular weight is 304 g/mol. The molecule has 2 aliphatic rings. The Balaban J connectivity index is 2.11. The van der Waals surface area contributed by atoms with Crippen LogP contribution >= 0.6 is 0 Å². The van der Waals surface area contributed by atoms with Gasteiger partial charge in [0.25, 0.3) is 0 Å². The van der Waals surface area contributed by atoms with E-state index >= 15 is 0 Å². The highest BCUT2D eigenvalue weighted by molar-refractivity contribution is 5.63. The summed E-state index contributed by atoms with van der Waals surface area (Å²) in [6.07, 6.45) is 2.48. The molecule has 0 N–H and O–H groups in total. The quantitative estimate of drug-likeness (QED) is 0.564. The first-order valence-corrected chi connectivity index (χ1v) is 8.90. The SMILES string of the molecule is Cc1cccc2c1C1(CC2(C)C)CC(C)(C)c2cccc(C)c21. The maximum absolute atomic E-state index is 2.43. The van der Waals surface area contributed by atoms with Gasteiger partial charge >= 0.3 is 0 Å². The fourth-order valence-electron chi connectivity index (χ4n) is 5.97. The van der Waals surface area contributed by atoms with Crippen molar-refractivity contribution in [1.82, 2.24) is 0 Å². The molecule has 1 spiro atoms. The van der Waals surface area contributed by atoms with Gasteiger partial charge in [0.05, 0.1) is 0 Å². The normalized spacial score (nSPS) is 22.2. The molecule has 0 aromatic heterocycles. The molecule has 120 valence electrons. The van der Waals surface area contributed by atoms with E-state index in [0.29, 0.717) is 0 Å². The molecule has 2 aromatic rings. The molecular weight excluding hydrogens is 276 g/mol. The molecule has 0 unspecified atom stereocenters. The smallest absolute Gasteiger partial charge is 0.0230 e. The monoisotopic (exact) mass is 304 g/mol. The van der Waals surface area contributed by atoms with E-state index in [9.17, 15) is 0 Å². The summed E-state index contributed by atoms with van der Waals surface area (Å²) < 4.78 is 0. The Morgan fingerprint density at radius 1 is 0.652 bits per heavy atom. The summed E-state index contributed by atoms with van der Waals surface area (Å²) in [5, 5.41) is 0. The molecule has 0 fully saturated rings. The second kappa shape index (κ2) is 4.29. The van der Waals surface area contributed by atoms with Gasteiger partial charge in [-0.1, -0.05) is 64.1 Å². The Morgan fingerprint density at radius 2 is 1.04 bits per heavy atom. The van der Waals surface area contributed by atoms with Gasteiger partial charge in [0, 0.05) is 5.41 Å². The van der Waals surface area contributed by atoms with Gasteiger partial charge in [-0.25, -0.2) is 0 Å². The van der Waals surface area contributed by atoms with E-state index in [0.717, 1.165) is 0 Å². The Kier molecular flexibility index (Phi) is 2.80. The van der Waals surface area contributed by atoms with Gasteiger partial charge in [-0.3, -0.25) is 0 Å². The number of hydrogen-bond donors (Lipinski definition) is 0. The zero-order valence-corrected chi connectivity index (χ0v) is 15.4. The van der Waals surface area contributed by atoms with Crippen molar-refractivity contribution in [2.75, 3.05) is 0 Å². The maximum Gasteiger partial charge on any atom is 0.0230 e. The van der Waals surface area contributed by atoms with Crippen LogP contribution in [0.4, 0.5) is 0 Å². The Morgan fingerprint density at radius 3 is 1.43 bits per heavy atom. The fourth-order valence-corrected chi connectivity index (χ4v) is 5.97. The summed E-state index contributed by atoms with van der Waals surface area (Å²) in [5.41, 5.74) is 10.1. The topological polar surface area (TPSA) is 0 Å². The van der Waals surface area contributed by atoms with Crippen LogP contribution in [0.15, 0.2) is 36.4 Å². The highest BCUT2D eigenvalue weighted by Crippen LogP contribution is 2.63. The lowest BCUT2D eigenvalue weighted by atomic mass is 9.70. The van der Waals surface area contributed by atoms with Crippen molar-refractivity contribution < 1.29 is 0 Å². The molecule has 0 amide bonds. The molecule has 0 aliphatic heterocycles. The molecule has 4 rings (SSSR count). The van der Waals surface area contributed by atoms with Crippen LogP contribution in [-0.2, 0) is 16.2 Å². The van der Waals surface area contributed by atoms with E-state index in [1.807, 2.05) is 0 Å². The van der Waals surface area contributed by atoms with Gasteiger partial charge < -0.3 is 0 Å². The van der Waals surface area contributed by atoms with E-state index in [-0.39, 0.29) is 16.2 Å². The van der Waals surface area contributed by atoms with Crippen LogP contribution in [-0.4, -0.2) is 0 Å². The number of fused-ring (bicyclic) bond motifs is 4. The van der Waals surface area contributed by atoms with Crippen molar-refractivity contribution in [3.05, 3.63) is 69.8 Å². The Bertz CT molecular complexity index is 735. The van der Waals surface area contributed by atoms with Crippen LogP contribution in [0.5, 0.6) is 0 Å². The van der Waals surface area contributed by atoms with E-state index < -0.39 is 0 Å². The molecule has 0 heterocycles. The van der Waals surface area contributed by atoms with Crippen LogP contribution in [0.25, 0.3) is 0 Å². The van der Waals surface area contributed by atoms with Gasteiger partial charge in [0.2, 0.25) is 0 Å². The highest BCUT2D eigenvalue weighted by atomic mass is 14.6. The molecule has 2 aliphatic carbocycles. The lowest BCUT2D eigenvalue weighted by molar-refractivity contribution is 0.348. The summed E-state index contributed by atoms with van der Waals surface area (Å²) in [6.45, 7) is 14.4. The third-order valence-corrected chi connectivity index (χ3v) is 6.45. The van der Waals surface area contributed by atoms with E-state index in [4.69, 9.17) is 0 Å². The first kappa shape index (κ1) is 15.0. The standard InChI is InChI=1S/C23H28/c1-15-9-7-11-17-19(15)23(13-21(17,3)4)14-22(5,6)18-12-8-10-16(2)20(18)23/h7-12H,13-14H2,1-6H3. The summed E-state index contributed by atoms with van der Waals surface area (Å²) >= 11 is 0. The van der Waals surface area contributed by atoms with Crippen molar-refractivity contribution in [2.45, 2.75) is 70.6 Å². The van der Waals surface area contributed by atoms with Crippen molar-refractivity contribution in [3.63, 3.8) is 0 Å². The fraction of sp³-hybridized carbons (Fsp3) is 0.478. The van der Waals surface area contributed by atoms with Crippen molar-refractivity contribution >= 4 is 0 Å². The molecule has 0 nitrogen and oxygen atoms in total. The van der Waals surface area contributed by atoms with Crippen LogP contribution in [0.1, 0.15) is 73.9 Å². The lowest BCUT2D eigenvalue weighted by Crippen LogP contribution is -2.28. The van der Waals surface area contributed by atoms with Gasteiger partial charge in [-0.2, -0.15) is 0 Å². The van der Waals surface area contributed by atoms with E-state index in [1.165, 1.54) is 24.0 Å². The number of aryl methyl sites for hydroxylation is 2. The van der Waals surface area contributed by atoms with Gasteiger partial charge in [-0.15, -0.1) is 0 Å². The molecule has 2 aromatic carbocycles. The third-order valence-electron chi connectivity index (χ3n) is 6.45. The summed E-state index contributed by atoms with van der Waals surface area (Å²) in [6, 6.07) is 13.9. The number of rotatable bonds is 0. The molecule has 0 heteroatoms. The molecular formula is C23H28. The van der Waals surface area contributed by atoms with Crippen molar-refractivity contribution in [3.8, 4) is 0 Å². The minimum absolute atomic E-state index is 0.203. The Hall–Kier alpha value is -1.56. The Labute approximate surface area is 140 Å². The molecule has 23 heavy (non-hydrogen) atoms. The van der Waals surface area contributed by atoms with Gasteiger partial charge in [0.15, 0.2) is 0 Å². The molecule has 0 saturated heterocycles. The van der Waals surface area contributed by atoms with Crippen LogP contribution in [0.3, 0.4) is 0 Å². The summed E-state index contributed by atoms with van der Waals surface area (Å²) in [7, 11) is 0. The van der Waals surface area contributed by atoms with E-state index in [1.54, 1.807) is 22.3 Å². The highest BCUT2D eigenvalue weighted by Gasteiger charge is 2.56. The second-order valence-electron chi connectivity index (χ2n) is 9.20. The second-order valence-corrected chi connectivity index (χ2v) is 9.20. The van der Waals surface area contributed by atoms with Crippen molar-refractivity contribution in [2.24, 2.45) is 0 Å². The summed E-state index contributed by atoms with van der Waals surface area (Å²) in [4.78, 5) is 0. The minimum Gasteiger partial charge on any atom is -0.0617 e.